The van der Waals surface area contributed by atoms with Gasteiger partial charge in [-0.3, -0.25) is 4.79 Å². The van der Waals surface area contributed by atoms with E-state index in [1.165, 1.54) is 12.1 Å². The molecule has 1 amide bonds. The van der Waals surface area contributed by atoms with Crippen LogP contribution in [0.1, 0.15) is 24.8 Å². The first-order valence-electron chi connectivity index (χ1n) is 7.42. The van der Waals surface area contributed by atoms with E-state index in [-0.39, 0.29) is 17.6 Å². The molecule has 1 aliphatic rings. The molecule has 110 valence electrons. The zero-order valence-electron chi connectivity index (χ0n) is 11.9. The lowest BCUT2D eigenvalue weighted by atomic mass is 9.93. The zero-order chi connectivity index (χ0) is 14.7. The molecule has 3 rings (SSSR count). The van der Waals surface area contributed by atoms with Gasteiger partial charge in [-0.05, 0) is 49.4 Å². The Hall–Kier alpha value is -2.10. The minimum absolute atomic E-state index is 0.118. The molecule has 1 aromatic heterocycles. The highest BCUT2D eigenvalue weighted by Gasteiger charge is 2.18. The van der Waals surface area contributed by atoms with Gasteiger partial charge in [-0.2, -0.15) is 0 Å². The lowest BCUT2D eigenvalue weighted by Crippen LogP contribution is -2.32. The van der Waals surface area contributed by atoms with Crippen LogP contribution in [0.3, 0.4) is 0 Å². The average molecular weight is 286 g/mol. The summed E-state index contributed by atoms with van der Waals surface area (Å²) in [7, 11) is 0. The number of amides is 1. The minimum Gasteiger partial charge on any atom is -0.361 e. The van der Waals surface area contributed by atoms with Crippen molar-refractivity contribution in [2.24, 2.45) is 5.92 Å². The highest BCUT2D eigenvalue weighted by atomic mass is 19.1. The fourth-order valence-electron chi connectivity index (χ4n) is 2.86. The summed E-state index contributed by atoms with van der Waals surface area (Å²) < 4.78 is 13.1. The van der Waals surface area contributed by atoms with E-state index in [2.05, 4.69) is 22.5 Å². The van der Waals surface area contributed by atoms with Crippen LogP contribution in [0.15, 0.2) is 36.5 Å². The SMILES string of the molecule is O=C(NCCc1c[nH]c2cc(F)ccc12)[C@@H]1CC=CCC1. The Labute approximate surface area is 123 Å². The van der Waals surface area contributed by atoms with E-state index < -0.39 is 0 Å². The molecule has 1 aliphatic carbocycles. The maximum absolute atomic E-state index is 13.1. The van der Waals surface area contributed by atoms with E-state index in [0.29, 0.717) is 6.54 Å². The first-order chi connectivity index (χ1) is 10.2. The number of rotatable bonds is 4. The molecule has 0 spiro atoms. The second kappa shape index (κ2) is 6.12. The molecule has 0 aliphatic heterocycles. The summed E-state index contributed by atoms with van der Waals surface area (Å²) in [6, 6.07) is 4.74. The number of benzene rings is 1. The molecule has 2 aromatic rings. The number of carbonyl (C=O) groups is 1. The molecule has 21 heavy (non-hydrogen) atoms. The Balaban J connectivity index is 1.57. The third-order valence-electron chi connectivity index (χ3n) is 4.06. The lowest BCUT2D eigenvalue weighted by Gasteiger charge is -2.17. The number of carbonyl (C=O) groups excluding carboxylic acids is 1. The summed E-state index contributed by atoms with van der Waals surface area (Å²) in [4.78, 5) is 15.1. The van der Waals surface area contributed by atoms with Crippen molar-refractivity contribution in [1.82, 2.24) is 10.3 Å². The largest absolute Gasteiger partial charge is 0.361 e. The molecule has 0 saturated heterocycles. The molecule has 0 saturated carbocycles. The van der Waals surface area contributed by atoms with Crippen molar-refractivity contribution < 1.29 is 9.18 Å². The Morgan fingerprint density at radius 2 is 2.29 bits per heavy atom. The highest BCUT2D eigenvalue weighted by Crippen LogP contribution is 2.20. The monoisotopic (exact) mass is 286 g/mol. The molecule has 0 unspecified atom stereocenters. The van der Waals surface area contributed by atoms with Gasteiger partial charge in [0.25, 0.3) is 0 Å². The second-order valence-corrected chi connectivity index (χ2v) is 5.53. The fourth-order valence-corrected chi connectivity index (χ4v) is 2.86. The smallest absolute Gasteiger partial charge is 0.223 e. The van der Waals surface area contributed by atoms with E-state index in [1.807, 2.05) is 6.20 Å². The average Bonchev–Trinajstić information content (AvgIpc) is 2.90. The topological polar surface area (TPSA) is 44.9 Å². The van der Waals surface area contributed by atoms with Gasteiger partial charge in [-0.25, -0.2) is 4.39 Å². The van der Waals surface area contributed by atoms with E-state index >= 15 is 0 Å². The molecule has 1 aromatic carbocycles. The van der Waals surface area contributed by atoms with Crippen molar-refractivity contribution in [3.05, 3.63) is 47.9 Å². The molecule has 0 radical (unpaired) electrons. The van der Waals surface area contributed by atoms with Gasteiger partial charge in [0.15, 0.2) is 0 Å². The summed E-state index contributed by atoms with van der Waals surface area (Å²) >= 11 is 0. The van der Waals surface area contributed by atoms with Gasteiger partial charge in [-0.1, -0.05) is 12.2 Å². The highest BCUT2D eigenvalue weighted by molar-refractivity contribution is 5.83. The van der Waals surface area contributed by atoms with Crippen molar-refractivity contribution in [1.29, 1.82) is 0 Å². The van der Waals surface area contributed by atoms with Crippen molar-refractivity contribution in [3.63, 3.8) is 0 Å². The Morgan fingerprint density at radius 3 is 3.10 bits per heavy atom. The van der Waals surface area contributed by atoms with Crippen LogP contribution in [0, 0.1) is 11.7 Å². The quantitative estimate of drug-likeness (QED) is 0.832. The van der Waals surface area contributed by atoms with Crippen molar-refractivity contribution in [2.75, 3.05) is 6.54 Å². The van der Waals surface area contributed by atoms with Crippen LogP contribution in [0.4, 0.5) is 4.39 Å². The Kier molecular flexibility index (Phi) is 4.04. The van der Waals surface area contributed by atoms with Crippen LogP contribution in [0.2, 0.25) is 0 Å². The molecular formula is C17H19FN2O. The number of aromatic amines is 1. The molecule has 3 nitrogen and oxygen atoms in total. The van der Waals surface area contributed by atoms with Crippen LogP contribution in [0.25, 0.3) is 10.9 Å². The van der Waals surface area contributed by atoms with Gasteiger partial charge in [0.1, 0.15) is 5.82 Å². The lowest BCUT2D eigenvalue weighted by molar-refractivity contribution is -0.125. The van der Waals surface area contributed by atoms with Gasteiger partial charge in [0.05, 0.1) is 0 Å². The Bertz CT molecular complexity index is 674. The normalized spacial score (nSPS) is 18.0. The maximum atomic E-state index is 13.1. The first kappa shape index (κ1) is 13.9. The summed E-state index contributed by atoms with van der Waals surface area (Å²) in [6.45, 7) is 0.614. The molecule has 2 N–H and O–H groups in total. The Morgan fingerprint density at radius 1 is 1.38 bits per heavy atom. The van der Waals surface area contributed by atoms with Crippen LogP contribution < -0.4 is 5.32 Å². The number of nitrogens with one attached hydrogen (secondary N) is 2. The number of H-pyrrole nitrogens is 1. The minimum atomic E-state index is -0.241. The van der Waals surface area contributed by atoms with Crippen LogP contribution in [-0.4, -0.2) is 17.4 Å². The van der Waals surface area contributed by atoms with E-state index in [0.717, 1.165) is 42.1 Å². The van der Waals surface area contributed by atoms with Crippen molar-refractivity contribution >= 4 is 16.8 Å². The number of aromatic nitrogens is 1. The van der Waals surface area contributed by atoms with Gasteiger partial charge in [-0.15, -0.1) is 0 Å². The molecule has 0 fully saturated rings. The standard InChI is InChI=1S/C17H19FN2O/c18-14-6-7-15-13(11-20-16(15)10-14)8-9-19-17(21)12-4-2-1-3-5-12/h1-2,6-7,10-12,20H,3-5,8-9H2,(H,19,21)/t12-/m1/s1. The van der Waals surface area contributed by atoms with Crippen molar-refractivity contribution in [3.8, 4) is 0 Å². The molecule has 4 heteroatoms. The predicted molar refractivity (Wildman–Crippen MR) is 81.5 cm³/mol. The molecule has 0 bridgehead atoms. The summed E-state index contributed by atoms with van der Waals surface area (Å²) in [5.41, 5.74) is 1.91. The van der Waals surface area contributed by atoms with E-state index in [4.69, 9.17) is 0 Å². The zero-order valence-corrected chi connectivity index (χ0v) is 11.9. The summed E-state index contributed by atoms with van der Waals surface area (Å²) in [5.74, 6) is 0.0202. The van der Waals surface area contributed by atoms with Gasteiger partial charge >= 0.3 is 0 Å². The van der Waals surface area contributed by atoms with Gasteiger partial charge < -0.3 is 10.3 Å². The molecule has 1 heterocycles. The van der Waals surface area contributed by atoms with Crippen LogP contribution in [-0.2, 0) is 11.2 Å². The second-order valence-electron chi connectivity index (χ2n) is 5.53. The third-order valence-corrected chi connectivity index (χ3v) is 4.06. The number of halogens is 1. The number of hydrogen-bond acceptors (Lipinski definition) is 1. The predicted octanol–water partition coefficient (Wildman–Crippen LogP) is 3.32. The van der Waals surface area contributed by atoms with E-state index in [1.54, 1.807) is 6.07 Å². The fraction of sp³-hybridized carbons (Fsp3) is 0.353. The van der Waals surface area contributed by atoms with Crippen LogP contribution >= 0.6 is 0 Å². The van der Waals surface area contributed by atoms with E-state index in [9.17, 15) is 9.18 Å². The number of fused-ring (bicyclic) bond motifs is 1. The van der Waals surface area contributed by atoms with Gasteiger partial charge in [0, 0.05) is 29.6 Å². The number of allylic oxidation sites excluding steroid dienone is 2. The van der Waals surface area contributed by atoms with Crippen LogP contribution in [0.5, 0.6) is 0 Å². The maximum Gasteiger partial charge on any atom is 0.223 e. The summed E-state index contributed by atoms with van der Waals surface area (Å²) in [6.07, 6.45) is 9.63. The van der Waals surface area contributed by atoms with Gasteiger partial charge in [0.2, 0.25) is 5.91 Å². The first-order valence-corrected chi connectivity index (χ1v) is 7.42. The molecular weight excluding hydrogens is 267 g/mol. The third kappa shape index (κ3) is 3.15. The molecule has 1 atom stereocenters. The number of hydrogen-bond donors (Lipinski definition) is 2. The summed E-state index contributed by atoms with van der Waals surface area (Å²) in [5, 5.41) is 4.03. The van der Waals surface area contributed by atoms with Crippen molar-refractivity contribution in [2.45, 2.75) is 25.7 Å².